The lowest BCUT2D eigenvalue weighted by Crippen LogP contribution is -2.04. The third-order valence-electron chi connectivity index (χ3n) is 0.457. The van der Waals surface area contributed by atoms with E-state index < -0.39 is 12.6 Å². The van der Waals surface area contributed by atoms with Gasteiger partial charge in [0.15, 0.2) is 0 Å². The number of hydrogen-bond acceptors (Lipinski definition) is 5. The molecule has 0 radical (unpaired) electrons. The topological polar surface area (TPSA) is 87.0 Å². The van der Waals surface area contributed by atoms with Crippen molar-refractivity contribution in [3.8, 4) is 0 Å². The van der Waals surface area contributed by atoms with Gasteiger partial charge in [-0.05, 0) is 0 Å². The average Bonchev–Trinajstić information content (AvgIpc) is 2.03. The molecule has 0 saturated carbocycles. The zero-order valence-electron chi connectivity index (χ0n) is 5.78. The predicted octanol–water partition coefficient (Wildman–Crippen LogP) is -1.88. The summed E-state index contributed by atoms with van der Waals surface area (Å²) in [6.45, 7) is -0.781. The summed E-state index contributed by atoms with van der Waals surface area (Å²) in [4.78, 5) is 9.71. The summed E-state index contributed by atoms with van der Waals surface area (Å²) >= 11 is 0. The standard InChI is InChI=1S/C3H6O3.C2H6O2/c1-6-3(5)2-4;3-1-2-4/h4H,2H2,1H3;3-4H,1-2H2. The number of carbonyl (C=O) groups is 1. The van der Waals surface area contributed by atoms with E-state index in [1.807, 2.05) is 0 Å². The molecule has 3 N–H and O–H groups in total. The van der Waals surface area contributed by atoms with E-state index in [2.05, 4.69) is 4.74 Å². The van der Waals surface area contributed by atoms with Crippen molar-refractivity contribution in [3.63, 3.8) is 0 Å². The first-order chi connectivity index (χ1) is 4.72. The second kappa shape index (κ2) is 11.2. The number of ether oxygens (including phenoxy) is 1. The lowest BCUT2D eigenvalue weighted by Gasteiger charge is -1.86. The summed E-state index contributed by atoms with van der Waals surface area (Å²) in [6.07, 6.45) is 0. The van der Waals surface area contributed by atoms with E-state index in [0.29, 0.717) is 0 Å². The van der Waals surface area contributed by atoms with Gasteiger partial charge in [-0.15, -0.1) is 0 Å². The molecule has 0 spiro atoms. The van der Waals surface area contributed by atoms with Gasteiger partial charge in [-0.2, -0.15) is 0 Å². The summed E-state index contributed by atoms with van der Waals surface area (Å²) in [7, 11) is 1.22. The van der Waals surface area contributed by atoms with E-state index in [4.69, 9.17) is 15.3 Å². The molecule has 0 unspecified atom stereocenters. The summed E-state index contributed by atoms with van der Waals surface area (Å²) in [5.74, 6) is -0.602. The van der Waals surface area contributed by atoms with Crippen LogP contribution in [0.25, 0.3) is 0 Å². The molecule has 5 heteroatoms. The van der Waals surface area contributed by atoms with Crippen molar-refractivity contribution in [1.82, 2.24) is 0 Å². The van der Waals surface area contributed by atoms with Gasteiger partial charge >= 0.3 is 5.97 Å². The van der Waals surface area contributed by atoms with Crippen LogP contribution in [0.4, 0.5) is 0 Å². The molecule has 0 amide bonds. The first-order valence-electron chi connectivity index (χ1n) is 2.62. The Morgan fingerprint density at radius 3 is 1.70 bits per heavy atom. The summed E-state index contributed by atoms with van der Waals surface area (Å²) in [5, 5.41) is 23.1. The molecule has 0 rings (SSSR count). The highest BCUT2D eigenvalue weighted by Gasteiger charge is 1.89. The number of aliphatic hydroxyl groups is 3. The zero-order valence-corrected chi connectivity index (χ0v) is 5.78. The van der Waals surface area contributed by atoms with Gasteiger partial charge in [0.05, 0.1) is 20.3 Å². The lowest BCUT2D eigenvalue weighted by atomic mass is 10.8. The molecule has 0 aromatic rings. The molecule has 10 heavy (non-hydrogen) atoms. The minimum absolute atomic E-state index is 0.125. The third-order valence-corrected chi connectivity index (χ3v) is 0.457. The highest BCUT2D eigenvalue weighted by atomic mass is 16.5. The molecule has 5 nitrogen and oxygen atoms in total. The molecule has 0 aromatic heterocycles. The highest BCUT2D eigenvalue weighted by molar-refractivity contribution is 5.70. The molecule has 0 aliphatic carbocycles. The van der Waals surface area contributed by atoms with Crippen LogP contribution in [-0.4, -0.2) is 48.2 Å². The van der Waals surface area contributed by atoms with Gasteiger partial charge in [0, 0.05) is 0 Å². The van der Waals surface area contributed by atoms with Gasteiger partial charge in [-0.25, -0.2) is 4.79 Å². The molecular formula is C5H12O5. The molecular weight excluding hydrogens is 140 g/mol. The Bertz CT molecular complexity index is 64.4. The molecule has 0 atom stereocenters. The second-order valence-electron chi connectivity index (χ2n) is 1.18. The monoisotopic (exact) mass is 152 g/mol. The number of esters is 1. The van der Waals surface area contributed by atoms with Crippen LogP contribution in [0, 0.1) is 0 Å². The van der Waals surface area contributed by atoms with Crippen LogP contribution in [0.5, 0.6) is 0 Å². The van der Waals surface area contributed by atoms with Gasteiger partial charge in [-0.1, -0.05) is 0 Å². The van der Waals surface area contributed by atoms with Crippen molar-refractivity contribution < 1.29 is 24.9 Å². The largest absolute Gasteiger partial charge is 0.467 e. The van der Waals surface area contributed by atoms with Crippen LogP contribution in [-0.2, 0) is 9.53 Å². The van der Waals surface area contributed by atoms with Gasteiger partial charge in [0.25, 0.3) is 0 Å². The Morgan fingerprint density at radius 2 is 1.70 bits per heavy atom. The first kappa shape index (κ1) is 12.1. The van der Waals surface area contributed by atoms with Crippen LogP contribution >= 0.6 is 0 Å². The Morgan fingerprint density at radius 1 is 1.30 bits per heavy atom. The minimum Gasteiger partial charge on any atom is -0.467 e. The molecule has 0 fully saturated rings. The van der Waals surface area contributed by atoms with Crippen LogP contribution in [0.1, 0.15) is 0 Å². The maximum Gasteiger partial charge on any atom is 0.331 e. The second-order valence-corrected chi connectivity index (χ2v) is 1.18. The maximum absolute atomic E-state index is 9.71. The van der Waals surface area contributed by atoms with E-state index in [1.54, 1.807) is 0 Å². The minimum atomic E-state index is -0.602. The van der Waals surface area contributed by atoms with Crippen molar-refractivity contribution in [2.45, 2.75) is 0 Å². The van der Waals surface area contributed by atoms with Crippen molar-refractivity contribution in [1.29, 1.82) is 0 Å². The van der Waals surface area contributed by atoms with E-state index in [9.17, 15) is 4.79 Å². The zero-order chi connectivity index (χ0) is 8.41. The molecule has 62 valence electrons. The molecule has 0 aliphatic heterocycles. The summed E-state index contributed by atoms with van der Waals surface area (Å²) < 4.78 is 4.01. The Kier molecular flexibility index (Phi) is 13.5. The molecule has 0 saturated heterocycles. The third kappa shape index (κ3) is 15.7. The van der Waals surface area contributed by atoms with Gasteiger partial charge in [-0.3, -0.25) is 0 Å². The lowest BCUT2D eigenvalue weighted by molar-refractivity contribution is -0.143. The van der Waals surface area contributed by atoms with Crippen LogP contribution in [0.2, 0.25) is 0 Å². The van der Waals surface area contributed by atoms with E-state index in [-0.39, 0.29) is 13.2 Å². The summed E-state index contributed by atoms with van der Waals surface area (Å²) in [5.41, 5.74) is 0. The molecule has 0 aromatic carbocycles. The molecule has 0 aliphatic rings. The molecule has 0 bridgehead atoms. The fraction of sp³-hybridized carbons (Fsp3) is 0.800. The fourth-order valence-corrected chi connectivity index (χ4v) is 0.0645. The Labute approximate surface area is 58.9 Å². The van der Waals surface area contributed by atoms with Crippen molar-refractivity contribution in [2.24, 2.45) is 0 Å². The highest BCUT2D eigenvalue weighted by Crippen LogP contribution is 1.63. The average molecular weight is 152 g/mol. The quantitative estimate of drug-likeness (QED) is 0.403. The number of rotatable bonds is 2. The van der Waals surface area contributed by atoms with Crippen molar-refractivity contribution in [2.75, 3.05) is 26.9 Å². The van der Waals surface area contributed by atoms with Gasteiger partial charge in [0.1, 0.15) is 6.61 Å². The maximum atomic E-state index is 9.71. The first-order valence-corrected chi connectivity index (χ1v) is 2.62. The van der Waals surface area contributed by atoms with Crippen molar-refractivity contribution in [3.05, 3.63) is 0 Å². The Balaban J connectivity index is 0. The van der Waals surface area contributed by atoms with Crippen molar-refractivity contribution >= 4 is 5.97 Å². The van der Waals surface area contributed by atoms with Gasteiger partial charge in [0.2, 0.25) is 0 Å². The number of methoxy groups -OCH3 is 1. The van der Waals surface area contributed by atoms with E-state index >= 15 is 0 Å². The summed E-state index contributed by atoms with van der Waals surface area (Å²) in [6, 6.07) is 0. The SMILES string of the molecule is COC(=O)CO.OCCO. The Hall–Kier alpha value is -0.650. The van der Waals surface area contributed by atoms with Crippen LogP contribution < -0.4 is 0 Å². The fourth-order valence-electron chi connectivity index (χ4n) is 0.0645. The molecule has 0 heterocycles. The van der Waals surface area contributed by atoms with Crippen LogP contribution in [0.3, 0.4) is 0 Å². The van der Waals surface area contributed by atoms with Crippen LogP contribution in [0.15, 0.2) is 0 Å². The normalized spacial score (nSPS) is 7.60. The van der Waals surface area contributed by atoms with E-state index in [1.165, 1.54) is 7.11 Å². The van der Waals surface area contributed by atoms with Gasteiger partial charge < -0.3 is 20.1 Å². The van der Waals surface area contributed by atoms with E-state index in [0.717, 1.165) is 0 Å². The number of carbonyl (C=O) groups excluding carboxylic acids is 1. The predicted molar refractivity (Wildman–Crippen MR) is 33.3 cm³/mol. The smallest absolute Gasteiger partial charge is 0.331 e. The number of aliphatic hydroxyl groups excluding tert-OH is 3. The number of hydrogen-bond donors (Lipinski definition) is 3.